The molecule has 23 heavy (non-hydrogen) atoms. The highest BCUT2D eigenvalue weighted by Crippen LogP contribution is 2.38. The Labute approximate surface area is 134 Å². The van der Waals surface area contributed by atoms with Gasteiger partial charge in [0.05, 0.1) is 18.8 Å². The van der Waals surface area contributed by atoms with E-state index in [1.54, 1.807) is 18.3 Å². The number of nitrogens with one attached hydrogen (secondary N) is 2. The van der Waals surface area contributed by atoms with Gasteiger partial charge in [-0.3, -0.25) is 14.6 Å². The SMILES string of the molecule is O=C(NCc1ccccn1)C(=O)NC[C@H]1COC2(CCCC2)O1. The zero-order valence-electron chi connectivity index (χ0n) is 12.9. The number of amides is 2. The second-order valence-corrected chi connectivity index (χ2v) is 5.88. The van der Waals surface area contributed by atoms with E-state index in [0.717, 1.165) is 25.7 Å². The molecule has 1 saturated carbocycles. The van der Waals surface area contributed by atoms with Crippen molar-refractivity contribution in [1.82, 2.24) is 15.6 Å². The second-order valence-electron chi connectivity index (χ2n) is 5.88. The molecule has 0 radical (unpaired) electrons. The van der Waals surface area contributed by atoms with Crippen LogP contribution in [0.5, 0.6) is 0 Å². The summed E-state index contributed by atoms with van der Waals surface area (Å²) in [4.78, 5) is 27.6. The maximum absolute atomic E-state index is 11.8. The Hall–Kier alpha value is -1.99. The van der Waals surface area contributed by atoms with Crippen molar-refractivity contribution in [3.8, 4) is 0 Å². The van der Waals surface area contributed by atoms with Gasteiger partial charge in [-0.25, -0.2) is 0 Å². The van der Waals surface area contributed by atoms with Crippen LogP contribution in [-0.2, 0) is 25.6 Å². The first-order valence-electron chi connectivity index (χ1n) is 7.95. The Balaban J connectivity index is 1.38. The maximum atomic E-state index is 11.8. The molecule has 1 atom stereocenters. The van der Waals surface area contributed by atoms with Crippen molar-refractivity contribution >= 4 is 11.8 Å². The quantitative estimate of drug-likeness (QED) is 0.789. The molecule has 2 fully saturated rings. The third-order valence-corrected chi connectivity index (χ3v) is 4.13. The fourth-order valence-electron chi connectivity index (χ4n) is 2.93. The van der Waals surface area contributed by atoms with Crippen molar-refractivity contribution in [3.05, 3.63) is 30.1 Å². The van der Waals surface area contributed by atoms with Gasteiger partial charge in [-0.1, -0.05) is 6.07 Å². The number of aromatic nitrogens is 1. The standard InChI is InChI=1S/C16H21N3O4/c20-14(18-9-12-5-1-4-8-17-12)15(21)19-10-13-11-22-16(23-13)6-2-3-7-16/h1,4-5,8,13H,2-3,6-7,9-11H2,(H,18,20)(H,19,21)/t13-/m0/s1. The molecule has 1 aromatic heterocycles. The van der Waals surface area contributed by atoms with E-state index in [4.69, 9.17) is 9.47 Å². The van der Waals surface area contributed by atoms with Crippen LogP contribution in [0.4, 0.5) is 0 Å². The summed E-state index contributed by atoms with van der Waals surface area (Å²) in [6.45, 7) is 0.951. The number of pyridine rings is 1. The average molecular weight is 319 g/mol. The average Bonchev–Trinajstić information content (AvgIpc) is 3.21. The minimum absolute atomic E-state index is 0.194. The maximum Gasteiger partial charge on any atom is 0.309 e. The van der Waals surface area contributed by atoms with Crippen molar-refractivity contribution in [2.45, 2.75) is 44.1 Å². The Morgan fingerprint density at radius 3 is 2.74 bits per heavy atom. The lowest BCUT2D eigenvalue weighted by molar-refractivity contribution is -0.161. The van der Waals surface area contributed by atoms with E-state index in [-0.39, 0.29) is 19.2 Å². The van der Waals surface area contributed by atoms with E-state index in [1.807, 2.05) is 6.07 Å². The molecule has 0 aromatic carbocycles. The lowest BCUT2D eigenvalue weighted by Crippen LogP contribution is -2.43. The Kier molecular flexibility index (Phi) is 4.88. The number of hydrogen-bond acceptors (Lipinski definition) is 5. The van der Waals surface area contributed by atoms with Gasteiger partial charge >= 0.3 is 11.8 Å². The predicted molar refractivity (Wildman–Crippen MR) is 81.1 cm³/mol. The summed E-state index contributed by atoms with van der Waals surface area (Å²) in [5, 5.41) is 5.13. The third-order valence-electron chi connectivity index (χ3n) is 4.13. The van der Waals surface area contributed by atoms with Gasteiger partial charge in [0.1, 0.15) is 6.10 Å². The van der Waals surface area contributed by atoms with Gasteiger partial charge in [0, 0.05) is 25.6 Å². The molecular weight excluding hydrogens is 298 g/mol. The van der Waals surface area contributed by atoms with Crippen molar-refractivity contribution in [3.63, 3.8) is 0 Å². The molecule has 1 saturated heterocycles. The first-order chi connectivity index (χ1) is 11.2. The van der Waals surface area contributed by atoms with Crippen LogP contribution in [0, 0.1) is 0 Å². The lowest BCUT2D eigenvalue weighted by Gasteiger charge is -2.21. The van der Waals surface area contributed by atoms with Crippen molar-refractivity contribution in [1.29, 1.82) is 0 Å². The van der Waals surface area contributed by atoms with E-state index in [2.05, 4.69) is 15.6 Å². The topological polar surface area (TPSA) is 89.6 Å². The van der Waals surface area contributed by atoms with E-state index < -0.39 is 17.6 Å². The molecule has 2 N–H and O–H groups in total. The highest BCUT2D eigenvalue weighted by molar-refractivity contribution is 6.35. The number of ether oxygens (including phenoxy) is 2. The van der Waals surface area contributed by atoms with E-state index in [0.29, 0.717) is 12.3 Å². The summed E-state index contributed by atoms with van der Waals surface area (Å²) in [6, 6.07) is 5.40. The fraction of sp³-hybridized carbons (Fsp3) is 0.562. The van der Waals surface area contributed by atoms with Gasteiger partial charge in [-0.05, 0) is 25.0 Å². The number of hydrogen-bond donors (Lipinski definition) is 2. The molecule has 2 aliphatic rings. The molecule has 2 heterocycles. The normalized spacial score (nSPS) is 22.2. The lowest BCUT2D eigenvalue weighted by atomic mass is 10.2. The molecule has 0 bridgehead atoms. The first kappa shape index (κ1) is 15.9. The molecule has 7 heteroatoms. The second kappa shape index (κ2) is 7.06. The smallest absolute Gasteiger partial charge is 0.309 e. The van der Waals surface area contributed by atoms with Gasteiger partial charge in [0.2, 0.25) is 0 Å². The van der Waals surface area contributed by atoms with Gasteiger partial charge in [-0.15, -0.1) is 0 Å². The highest BCUT2D eigenvalue weighted by atomic mass is 16.7. The summed E-state index contributed by atoms with van der Waals surface area (Å²) < 4.78 is 11.6. The number of nitrogens with zero attached hydrogens (tertiary/aromatic N) is 1. The summed E-state index contributed by atoms with van der Waals surface area (Å²) in [7, 11) is 0. The van der Waals surface area contributed by atoms with Crippen LogP contribution in [0.1, 0.15) is 31.4 Å². The van der Waals surface area contributed by atoms with Gasteiger partial charge in [0.25, 0.3) is 0 Å². The largest absolute Gasteiger partial charge is 0.347 e. The molecule has 0 unspecified atom stereocenters. The first-order valence-corrected chi connectivity index (χ1v) is 7.95. The molecule has 1 spiro atoms. The van der Waals surface area contributed by atoms with Crippen LogP contribution >= 0.6 is 0 Å². The zero-order chi connectivity index (χ0) is 16.1. The fourth-order valence-corrected chi connectivity index (χ4v) is 2.93. The third kappa shape index (κ3) is 4.05. The molecule has 1 aliphatic carbocycles. The number of rotatable bonds is 4. The molecule has 7 nitrogen and oxygen atoms in total. The van der Waals surface area contributed by atoms with Crippen LogP contribution in [0.2, 0.25) is 0 Å². The Morgan fingerprint density at radius 2 is 2.00 bits per heavy atom. The zero-order valence-corrected chi connectivity index (χ0v) is 12.9. The van der Waals surface area contributed by atoms with Crippen LogP contribution in [0.15, 0.2) is 24.4 Å². The van der Waals surface area contributed by atoms with E-state index in [9.17, 15) is 9.59 Å². The van der Waals surface area contributed by atoms with Crippen LogP contribution in [0.25, 0.3) is 0 Å². The summed E-state index contributed by atoms with van der Waals surface area (Å²) in [5.74, 6) is -1.79. The van der Waals surface area contributed by atoms with Gasteiger partial charge < -0.3 is 20.1 Å². The van der Waals surface area contributed by atoms with E-state index in [1.165, 1.54) is 0 Å². The van der Waals surface area contributed by atoms with E-state index >= 15 is 0 Å². The summed E-state index contributed by atoms with van der Waals surface area (Å²) in [6.07, 6.45) is 5.46. The molecule has 1 aliphatic heterocycles. The molecule has 1 aromatic rings. The summed E-state index contributed by atoms with van der Waals surface area (Å²) in [5.41, 5.74) is 0.698. The highest BCUT2D eigenvalue weighted by Gasteiger charge is 2.43. The monoisotopic (exact) mass is 319 g/mol. The van der Waals surface area contributed by atoms with Crippen LogP contribution < -0.4 is 10.6 Å². The molecule has 124 valence electrons. The molecule has 3 rings (SSSR count). The molecular formula is C16H21N3O4. The molecule has 2 amide bonds. The van der Waals surface area contributed by atoms with Crippen molar-refractivity contribution in [2.75, 3.05) is 13.2 Å². The van der Waals surface area contributed by atoms with Crippen molar-refractivity contribution in [2.24, 2.45) is 0 Å². The minimum Gasteiger partial charge on any atom is -0.347 e. The minimum atomic E-state index is -0.676. The van der Waals surface area contributed by atoms with Gasteiger partial charge in [0.15, 0.2) is 5.79 Å². The number of carbonyl (C=O) groups is 2. The van der Waals surface area contributed by atoms with Gasteiger partial charge in [-0.2, -0.15) is 0 Å². The van der Waals surface area contributed by atoms with Crippen LogP contribution in [-0.4, -0.2) is 41.8 Å². The predicted octanol–water partition coefficient (Wildman–Crippen LogP) is 0.500. The number of carbonyl (C=O) groups excluding carboxylic acids is 2. The van der Waals surface area contributed by atoms with Crippen LogP contribution in [0.3, 0.4) is 0 Å². The van der Waals surface area contributed by atoms with Crippen molar-refractivity contribution < 1.29 is 19.1 Å². The Bertz CT molecular complexity index is 558. The summed E-state index contributed by atoms with van der Waals surface area (Å²) >= 11 is 0. The Morgan fingerprint density at radius 1 is 1.22 bits per heavy atom.